The highest BCUT2D eigenvalue weighted by Gasteiger charge is 2.54. The van der Waals surface area contributed by atoms with Crippen LogP contribution < -0.4 is 0 Å². The number of hydrogen-bond acceptors (Lipinski definition) is 4. The Hall–Kier alpha value is -0.592. The van der Waals surface area contributed by atoms with Crippen LogP contribution in [0.5, 0.6) is 0 Å². The molecule has 4 nitrogen and oxygen atoms in total. The van der Waals surface area contributed by atoms with Gasteiger partial charge < -0.3 is 16.5 Å². The van der Waals surface area contributed by atoms with Crippen molar-refractivity contribution < 1.29 is 16.5 Å². The first-order chi connectivity index (χ1) is 9.63. The third kappa shape index (κ3) is 3.99. The quantitative estimate of drug-likeness (QED) is 0.708. The van der Waals surface area contributed by atoms with E-state index < -0.39 is 34.2 Å². The van der Waals surface area contributed by atoms with Gasteiger partial charge in [-0.25, -0.2) is 0 Å². The molecule has 0 aromatic heterocycles. The van der Waals surface area contributed by atoms with Gasteiger partial charge in [-0.15, -0.1) is 32.9 Å². The molecule has 0 amide bonds. The Balaban J connectivity index is 3.41. The van der Waals surface area contributed by atoms with Gasteiger partial charge in [0.15, 0.2) is 0 Å². The maximum atomic E-state index is 6.28. The van der Waals surface area contributed by atoms with Crippen LogP contribution in [0.3, 0.4) is 0 Å². The van der Waals surface area contributed by atoms with Gasteiger partial charge in [0.1, 0.15) is 0 Å². The highest BCUT2D eigenvalue weighted by atomic mass is 28.5. The fraction of sp³-hybridized carbons (Fsp3) is 0.231. The van der Waals surface area contributed by atoms with Crippen LogP contribution in [-0.2, 0) is 16.5 Å². The Morgan fingerprint density at radius 2 is 0.810 bits per heavy atom. The predicted octanol–water partition coefficient (Wildman–Crippen LogP) is 3.35. The third-order valence-corrected chi connectivity index (χ3v) is 18.9. The number of rotatable bonds is 5. The van der Waals surface area contributed by atoms with Crippen LogP contribution in [0.25, 0.3) is 0 Å². The van der Waals surface area contributed by atoms with Crippen molar-refractivity contribution in [3.05, 3.63) is 61.4 Å². The van der Waals surface area contributed by atoms with Gasteiger partial charge in [0, 0.05) is 0 Å². The second-order valence-corrected chi connectivity index (χ2v) is 18.0. The van der Waals surface area contributed by atoms with Crippen molar-refractivity contribution in [1.29, 1.82) is 0 Å². The molecule has 0 spiro atoms. The summed E-state index contributed by atoms with van der Waals surface area (Å²) in [6.07, 6.45) is 0. The summed E-state index contributed by atoms with van der Waals surface area (Å²) < 4.78 is 25.1. The summed E-state index contributed by atoms with van der Waals surface area (Å²) in [6, 6.07) is 0. The Kier molecular flexibility index (Phi) is 5.50. The average molecular weight is 357 g/mol. The highest BCUT2D eigenvalue weighted by Crippen LogP contribution is 2.32. The van der Waals surface area contributed by atoms with E-state index in [4.69, 9.17) is 16.5 Å². The number of hydrogen-bond donors (Lipinski definition) is 0. The summed E-state index contributed by atoms with van der Waals surface area (Å²) in [6.45, 7) is 25.0. The van der Waals surface area contributed by atoms with E-state index in [1.165, 1.54) is 0 Å². The van der Waals surface area contributed by atoms with Crippen molar-refractivity contribution in [1.82, 2.24) is 0 Å². The van der Waals surface area contributed by atoms with Gasteiger partial charge in [0.25, 0.3) is 0 Å². The lowest BCUT2D eigenvalue weighted by Gasteiger charge is -2.46. The minimum Gasteiger partial charge on any atom is -0.410 e. The first-order valence-electron chi connectivity index (χ1n) is 6.62. The summed E-state index contributed by atoms with van der Waals surface area (Å²) in [5.41, 5.74) is 8.56. The van der Waals surface area contributed by atoms with Crippen LogP contribution in [0.15, 0.2) is 61.4 Å². The van der Waals surface area contributed by atoms with Gasteiger partial charge in [0.05, 0.1) is 0 Å². The van der Waals surface area contributed by atoms with Crippen molar-refractivity contribution in [2.75, 3.05) is 0 Å². The smallest absolute Gasteiger partial charge is 0.373 e. The lowest BCUT2D eigenvalue weighted by molar-refractivity contribution is 0.253. The van der Waals surface area contributed by atoms with Gasteiger partial charge in [-0.2, -0.15) is 0 Å². The molecule has 0 radical (unpaired) electrons. The zero-order valence-electron chi connectivity index (χ0n) is 13.1. The highest BCUT2D eigenvalue weighted by molar-refractivity contribution is 6.99. The fourth-order valence-corrected chi connectivity index (χ4v) is 19.2. The van der Waals surface area contributed by atoms with Crippen molar-refractivity contribution in [3.8, 4) is 0 Å². The van der Waals surface area contributed by atoms with E-state index in [9.17, 15) is 0 Å². The topological polar surface area (TPSA) is 36.9 Å². The standard InChI is InChI=1S/C13H24O4Si4/c1-9-18(6)14-19(7,10-2)16-21(12-4,13-5)17-20(8,11-3)15-18/h9-13H,1-5H2,6-8H3. The van der Waals surface area contributed by atoms with Gasteiger partial charge in [-0.05, 0) is 31.0 Å². The third-order valence-electron chi connectivity index (χ3n) is 3.22. The van der Waals surface area contributed by atoms with E-state index in [1.807, 2.05) is 19.6 Å². The van der Waals surface area contributed by atoms with E-state index in [-0.39, 0.29) is 0 Å². The van der Waals surface area contributed by atoms with Crippen molar-refractivity contribution in [2.45, 2.75) is 19.6 Å². The first kappa shape index (κ1) is 18.5. The molecular weight excluding hydrogens is 332 g/mol. The summed E-state index contributed by atoms with van der Waals surface area (Å²) in [5.74, 6) is 0. The first-order valence-corrected chi connectivity index (χ1v) is 15.8. The van der Waals surface area contributed by atoms with E-state index in [0.29, 0.717) is 0 Å². The molecule has 0 aromatic rings. The molecule has 0 aromatic carbocycles. The van der Waals surface area contributed by atoms with E-state index in [2.05, 4.69) is 32.9 Å². The van der Waals surface area contributed by atoms with Gasteiger partial charge in [0.2, 0.25) is 0 Å². The van der Waals surface area contributed by atoms with Crippen LogP contribution in [0.2, 0.25) is 19.6 Å². The Morgan fingerprint density at radius 3 is 1.05 bits per heavy atom. The summed E-state index contributed by atoms with van der Waals surface area (Å²) in [4.78, 5) is 0. The second kappa shape index (κ2) is 6.26. The molecule has 0 N–H and O–H groups in total. The lowest BCUT2D eigenvalue weighted by Crippen LogP contribution is -2.66. The van der Waals surface area contributed by atoms with Gasteiger partial charge >= 0.3 is 34.2 Å². The SMILES string of the molecule is C=C[Si]1(C)O[Si](C)(C=C)O[Si](C=C)(C=C)O[Si](C)(C=C)O1. The molecule has 0 aliphatic carbocycles. The Labute approximate surface area is 132 Å². The summed E-state index contributed by atoms with van der Waals surface area (Å²) in [5, 5.41) is 0. The van der Waals surface area contributed by atoms with Crippen LogP contribution >= 0.6 is 0 Å². The second-order valence-electron chi connectivity index (χ2n) is 5.20. The average Bonchev–Trinajstić information content (AvgIpc) is 2.45. The van der Waals surface area contributed by atoms with Crippen molar-refractivity contribution in [3.63, 3.8) is 0 Å². The van der Waals surface area contributed by atoms with Gasteiger partial charge in [-0.1, -0.05) is 17.1 Å². The summed E-state index contributed by atoms with van der Waals surface area (Å²) in [7, 11) is -10.9. The van der Waals surface area contributed by atoms with Crippen molar-refractivity contribution >= 4 is 34.2 Å². The lowest BCUT2D eigenvalue weighted by atomic mass is 11.2. The zero-order chi connectivity index (χ0) is 16.4. The van der Waals surface area contributed by atoms with Crippen LogP contribution in [0.4, 0.5) is 0 Å². The molecule has 116 valence electrons. The molecular formula is C13H24O4Si4. The van der Waals surface area contributed by atoms with E-state index in [1.54, 1.807) is 28.5 Å². The maximum absolute atomic E-state index is 6.28. The molecule has 1 aliphatic rings. The minimum atomic E-state index is -2.85. The fourth-order valence-electron chi connectivity index (χ4n) is 2.02. The van der Waals surface area contributed by atoms with Crippen molar-refractivity contribution in [2.24, 2.45) is 0 Å². The van der Waals surface area contributed by atoms with Crippen LogP contribution in [0, 0.1) is 0 Å². The molecule has 8 heteroatoms. The predicted molar refractivity (Wildman–Crippen MR) is 95.9 cm³/mol. The monoisotopic (exact) mass is 356 g/mol. The van der Waals surface area contributed by atoms with Crippen LogP contribution in [0.1, 0.15) is 0 Å². The molecule has 1 aliphatic heterocycles. The Morgan fingerprint density at radius 1 is 0.524 bits per heavy atom. The maximum Gasteiger partial charge on any atom is 0.373 e. The molecule has 1 fully saturated rings. The molecule has 1 heterocycles. The van der Waals surface area contributed by atoms with Gasteiger partial charge in [-0.3, -0.25) is 0 Å². The largest absolute Gasteiger partial charge is 0.410 e. The molecule has 1 rings (SSSR count). The van der Waals surface area contributed by atoms with Crippen LogP contribution in [-0.4, -0.2) is 34.2 Å². The molecule has 2 unspecified atom stereocenters. The zero-order valence-corrected chi connectivity index (χ0v) is 17.1. The van der Waals surface area contributed by atoms with E-state index >= 15 is 0 Å². The molecule has 21 heavy (non-hydrogen) atoms. The molecule has 0 saturated carbocycles. The normalized spacial score (nSPS) is 39.4. The minimum absolute atomic E-state index is 1.69. The van der Waals surface area contributed by atoms with E-state index in [0.717, 1.165) is 0 Å². The molecule has 2 atom stereocenters. The summed E-state index contributed by atoms with van der Waals surface area (Å²) >= 11 is 0. The Bertz CT molecular complexity index is 445. The molecule has 0 bridgehead atoms. The molecule has 1 saturated heterocycles.